The predicted molar refractivity (Wildman–Crippen MR) is 80.8 cm³/mol. The molecule has 0 aliphatic carbocycles. The number of hydrogen-bond acceptors (Lipinski definition) is 2. The summed E-state index contributed by atoms with van der Waals surface area (Å²) in [4.78, 5) is 0. The molecule has 0 saturated carbocycles. The molecule has 0 amide bonds. The van der Waals surface area contributed by atoms with Crippen molar-refractivity contribution in [2.45, 2.75) is 0 Å². The SMILES string of the molecule is Oc1cc2oc3ccccc3c2cc1-c1ccccc1. The van der Waals surface area contributed by atoms with Crippen molar-refractivity contribution >= 4 is 21.9 Å². The van der Waals surface area contributed by atoms with Crippen molar-refractivity contribution < 1.29 is 9.52 Å². The number of phenolic OH excluding ortho intramolecular Hbond substituents is 1. The van der Waals surface area contributed by atoms with Gasteiger partial charge >= 0.3 is 0 Å². The summed E-state index contributed by atoms with van der Waals surface area (Å²) in [6, 6.07) is 21.5. The van der Waals surface area contributed by atoms with Crippen LogP contribution in [-0.4, -0.2) is 5.11 Å². The van der Waals surface area contributed by atoms with Gasteiger partial charge in [0, 0.05) is 22.4 Å². The molecule has 1 N–H and O–H groups in total. The summed E-state index contributed by atoms with van der Waals surface area (Å²) in [7, 11) is 0. The Balaban J connectivity index is 2.08. The summed E-state index contributed by atoms with van der Waals surface area (Å²) in [6.45, 7) is 0. The second-order valence-electron chi connectivity index (χ2n) is 4.83. The highest BCUT2D eigenvalue weighted by Gasteiger charge is 2.11. The largest absolute Gasteiger partial charge is 0.507 e. The molecule has 0 fully saturated rings. The van der Waals surface area contributed by atoms with Crippen molar-refractivity contribution in [3.63, 3.8) is 0 Å². The molecular weight excluding hydrogens is 248 g/mol. The molecule has 0 aliphatic heterocycles. The number of furan rings is 1. The summed E-state index contributed by atoms with van der Waals surface area (Å²) in [5.41, 5.74) is 3.37. The zero-order valence-corrected chi connectivity index (χ0v) is 10.7. The molecule has 4 aromatic rings. The number of hydrogen-bond donors (Lipinski definition) is 1. The normalized spacial score (nSPS) is 11.2. The van der Waals surface area contributed by atoms with Gasteiger partial charge in [-0.15, -0.1) is 0 Å². The number of aromatic hydroxyl groups is 1. The lowest BCUT2D eigenvalue weighted by molar-refractivity contribution is 0.477. The zero-order valence-electron chi connectivity index (χ0n) is 10.7. The van der Waals surface area contributed by atoms with E-state index in [1.54, 1.807) is 6.07 Å². The van der Waals surface area contributed by atoms with Gasteiger partial charge in [0.05, 0.1) is 0 Å². The van der Waals surface area contributed by atoms with Crippen molar-refractivity contribution in [1.82, 2.24) is 0 Å². The average molecular weight is 260 g/mol. The Morgan fingerprint density at radius 3 is 2.30 bits per heavy atom. The molecule has 0 atom stereocenters. The van der Waals surface area contributed by atoms with Gasteiger partial charge in [-0.3, -0.25) is 0 Å². The Morgan fingerprint density at radius 2 is 1.45 bits per heavy atom. The van der Waals surface area contributed by atoms with E-state index >= 15 is 0 Å². The maximum atomic E-state index is 10.2. The van der Waals surface area contributed by atoms with Crippen molar-refractivity contribution in [2.75, 3.05) is 0 Å². The molecule has 1 heterocycles. The van der Waals surface area contributed by atoms with Crippen LogP contribution >= 0.6 is 0 Å². The van der Waals surface area contributed by atoms with Crippen molar-refractivity contribution in [2.24, 2.45) is 0 Å². The van der Waals surface area contributed by atoms with Crippen LogP contribution in [0.15, 0.2) is 71.1 Å². The Bertz CT molecular complexity index is 905. The molecule has 4 rings (SSSR count). The molecule has 3 aromatic carbocycles. The van der Waals surface area contributed by atoms with E-state index in [2.05, 4.69) is 0 Å². The third-order valence-corrected chi connectivity index (χ3v) is 3.58. The van der Waals surface area contributed by atoms with Gasteiger partial charge in [0.1, 0.15) is 16.9 Å². The van der Waals surface area contributed by atoms with Gasteiger partial charge in [0.25, 0.3) is 0 Å². The Kier molecular flexibility index (Phi) is 2.30. The zero-order chi connectivity index (χ0) is 13.5. The second kappa shape index (κ2) is 4.14. The minimum absolute atomic E-state index is 0.239. The fourth-order valence-corrected chi connectivity index (χ4v) is 2.61. The number of para-hydroxylation sites is 1. The van der Waals surface area contributed by atoms with Gasteiger partial charge in [-0.05, 0) is 17.7 Å². The first-order valence-electron chi connectivity index (χ1n) is 6.52. The molecule has 0 radical (unpaired) electrons. The van der Waals surface area contributed by atoms with E-state index in [4.69, 9.17) is 4.42 Å². The highest BCUT2D eigenvalue weighted by atomic mass is 16.3. The van der Waals surface area contributed by atoms with E-state index in [0.717, 1.165) is 27.5 Å². The lowest BCUT2D eigenvalue weighted by Gasteiger charge is -2.04. The van der Waals surface area contributed by atoms with Crippen LogP contribution in [0.1, 0.15) is 0 Å². The van der Waals surface area contributed by atoms with E-state index in [1.807, 2.05) is 60.7 Å². The number of fused-ring (bicyclic) bond motifs is 3. The molecule has 0 spiro atoms. The molecule has 20 heavy (non-hydrogen) atoms. The van der Waals surface area contributed by atoms with Crippen LogP contribution in [0.2, 0.25) is 0 Å². The first-order valence-corrected chi connectivity index (χ1v) is 6.52. The first-order chi connectivity index (χ1) is 9.83. The van der Waals surface area contributed by atoms with Gasteiger partial charge in [-0.2, -0.15) is 0 Å². The Labute approximate surface area is 115 Å². The standard InChI is InChI=1S/C18H12O2/c19-16-11-18-15(13-8-4-5-9-17(13)20-18)10-14(16)12-6-2-1-3-7-12/h1-11,19H. The summed E-state index contributed by atoms with van der Waals surface area (Å²) < 4.78 is 5.76. The van der Waals surface area contributed by atoms with E-state index in [1.165, 1.54) is 0 Å². The van der Waals surface area contributed by atoms with Crippen LogP contribution in [0.4, 0.5) is 0 Å². The van der Waals surface area contributed by atoms with Crippen molar-refractivity contribution in [3.05, 3.63) is 66.7 Å². The topological polar surface area (TPSA) is 33.4 Å². The third-order valence-electron chi connectivity index (χ3n) is 3.58. The number of phenols is 1. The van der Waals surface area contributed by atoms with Crippen LogP contribution in [-0.2, 0) is 0 Å². The predicted octanol–water partition coefficient (Wildman–Crippen LogP) is 4.96. The Hall–Kier alpha value is -2.74. The summed E-state index contributed by atoms with van der Waals surface area (Å²) in [6.07, 6.45) is 0. The van der Waals surface area contributed by atoms with E-state index < -0.39 is 0 Å². The van der Waals surface area contributed by atoms with Crippen molar-refractivity contribution in [3.8, 4) is 16.9 Å². The molecule has 0 saturated heterocycles. The third kappa shape index (κ3) is 1.58. The molecule has 0 aliphatic rings. The van der Waals surface area contributed by atoms with Gasteiger partial charge in [-0.25, -0.2) is 0 Å². The van der Waals surface area contributed by atoms with Gasteiger partial charge in [0.15, 0.2) is 0 Å². The highest BCUT2D eigenvalue weighted by Crippen LogP contribution is 2.37. The second-order valence-corrected chi connectivity index (χ2v) is 4.83. The Morgan fingerprint density at radius 1 is 0.700 bits per heavy atom. The summed E-state index contributed by atoms with van der Waals surface area (Å²) in [5.74, 6) is 0.239. The molecule has 0 bridgehead atoms. The van der Waals surface area contributed by atoms with Gasteiger partial charge < -0.3 is 9.52 Å². The smallest absolute Gasteiger partial charge is 0.139 e. The van der Waals surface area contributed by atoms with Crippen molar-refractivity contribution in [1.29, 1.82) is 0 Å². The summed E-state index contributed by atoms with van der Waals surface area (Å²) >= 11 is 0. The lowest BCUT2D eigenvalue weighted by atomic mass is 10.0. The molecule has 2 heteroatoms. The van der Waals surface area contributed by atoms with E-state index in [9.17, 15) is 5.11 Å². The fraction of sp³-hybridized carbons (Fsp3) is 0. The maximum absolute atomic E-state index is 10.2. The number of rotatable bonds is 1. The molecule has 2 nitrogen and oxygen atoms in total. The molecular formula is C18H12O2. The van der Waals surface area contributed by atoms with Crippen LogP contribution in [0.3, 0.4) is 0 Å². The maximum Gasteiger partial charge on any atom is 0.139 e. The van der Waals surface area contributed by atoms with Gasteiger partial charge in [-0.1, -0.05) is 48.5 Å². The monoisotopic (exact) mass is 260 g/mol. The van der Waals surface area contributed by atoms with Crippen LogP contribution in [0.5, 0.6) is 5.75 Å². The van der Waals surface area contributed by atoms with E-state index in [-0.39, 0.29) is 5.75 Å². The lowest BCUT2D eigenvalue weighted by Crippen LogP contribution is -1.79. The highest BCUT2D eigenvalue weighted by molar-refractivity contribution is 6.07. The van der Waals surface area contributed by atoms with Crippen LogP contribution in [0, 0.1) is 0 Å². The quantitative estimate of drug-likeness (QED) is 0.525. The summed E-state index contributed by atoms with van der Waals surface area (Å²) in [5, 5.41) is 12.3. The molecule has 1 aromatic heterocycles. The van der Waals surface area contributed by atoms with Crippen LogP contribution in [0.25, 0.3) is 33.1 Å². The first kappa shape index (κ1) is 11.1. The minimum atomic E-state index is 0.239. The van der Waals surface area contributed by atoms with Crippen LogP contribution < -0.4 is 0 Å². The molecule has 0 unspecified atom stereocenters. The minimum Gasteiger partial charge on any atom is -0.507 e. The van der Waals surface area contributed by atoms with E-state index in [0.29, 0.717) is 5.58 Å². The number of benzene rings is 3. The van der Waals surface area contributed by atoms with Gasteiger partial charge in [0.2, 0.25) is 0 Å². The average Bonchev–Trinajstić information content (AvgIpc) is 2.84. The molecule has 96 valence electrons. The fourth-order valence-electron chi connectivity index (χ4n) is 2.61.